The molecule has 0 unspecified atom stereocenters. The van der Waals surface area contributed by atoms with Gasteiger partial charge in [-0.25, -0.2) is 0 Å². The smallest absolute Gasteiger partial charge is 0.195 e. The summed E-state index contributed by atoms with van der Waals surface area (Å²) >= 11 is 1.18. The summed E-state index contributed by atoms with van der Waals surface area (Å²) in [5, 5.41) is 8.45. The number of rotatable bonds is 3. The minimum absolute atomic E-state index is 0.130. The second-order valence-electron chi connectivity index (χ2n) is 2.37. The van der Waals surface area contributed by atoms with Gasteiger partial charge in [-0.2, -0.15) is 13.7 Å². The number of halogens is 1. The predicted molar refractivity (Wildman–Crippen MR) is 47.6 cm³/mol. The van der Waals surface area contributed by atoms with Gasteiger partial charge in [0.1, 0.15) is 10.9 Å². The van der Waals surface area contributed by atoms with Gasteiger partial charge in [-0.1, -0.05) is 0 Å². The van der Waals surface area contributed by atoms with E-state index < -0.39 is 16.0 Å². The molecule has 0 aliphatic heterocycles. The van der Waals surface area contributed by atoms with E-state index in [4.69, 9.17) is 5.26 Å². The summed E-state index contributed by atoms with van der Waals surface area (Å²) in [5.74, 6) is -0.515. The molecule has 0 amide bonds. The summed E-state index contributed by atoms with van der Waals surface area (Å²) in [4.78, 5) is 1.21. The van der Waals surface area contributed by atoms with Crippen LogP contribution in [-0.4, -0.2) is 14.2 Å². The molecule has 0 radical (unpaired) electrons. The Hall–Kier alpha value is -0.930. The van der Waals surface area contributed by atoms with Crippen molar-refractivity contribution >= 4 is 21.6 Å². The Balaban J connectivity index is 2.62. The number of nitriles is 1. The van der Waals surface area contributed by atoms with Crippen molar-refractivity contribution in [3.63, 3.8) is 0 Å². The second-order valence-corrected chi connectivity index (χ2v) is 5.02. The first kappa shape index (κ1) is 10.2. The first-order chi connectivity index (χ1) is 6.01. The van der Waals surface area contributed by atoms with Crippen LogP contribution in [0.4, 0.5) is 3.89 Å². The van der Waals surface area contributed by atoms with E-state index in [0.29, 0.717) is 9.75 Å². The molecule has 0 aliphatic carbocycles. The van der Waals surface area contributed by atoms with E-state index in [1.807, 2.05) is 6.07 Å². The summed E-state index contributed by atoms with van der Waals surface area (Å²) in [6.45, 7) is 0. The third-order valence-corrected chi connectivity index (χ3v) is 3.11. The molecule has 3 nitrogen and oxygen atoms in total. The monoisotopic (exact) mass is 219 g/mol. The van der Waals surface area contributed by atoms with Crippen LogP contribution in [0.5, 0.6) is 0 Å². The number of thiophene rings is 1. The van der Waals surface area contributed by atoms with Gasteiger partial charge in [0.05, 0.1) is 5.75 Å². The van der Waals surface area contributed by atoms with Crippen LogP contribution in [0.3, 0.4) is 0 Å². The zero-order valence-corrected chi connectivity index (χ0v) is 8.16. The van der Waals surface area contributed by atoms with Gasteiger partial charge in [0.2, 0.25) is 0 Å². The summed E-state index contributed by atoms with van der Waals surface area (Å²) in [6, 6.07) is 5.14. The molecular formula is C7H6FNO2S2. The first-order valence-corrected chi connectivity index (χ1v) is 5.79. The molecule has 6 heteroatoms. The molecule has 0 atom stereocenters. The van der Waals surface area contributed by atoms with E-state index in [0.717, 1.165) is 0 Å². The van der Waals surface area contributed by atoms with Crippen molar-refractivity contribution < 1.29 is 12.3 Å². The number of hydrogen-bond acceptors (Lipinski definition) is 4. The van der Waals surface area contributed by atoms with E-state index in [1.165, 1.54) is 11.3 Å². The summed E-state index contributed by atoms with van der Waals surface area (Å²) in [7, 11) is -4.40. The van der Waals surface area contributed by atoms with E-state index >= 15 is 0 Å². The molecule has 0 aromatic carbocycles. The molecule has 1 heterocycles. The standard InChI is InChI=1S/C7H6FNO2S2/c8-13(10,11)4-3-6-1-2-7(5-9)12-6/h1-2H,3-4H2. The van der Waals surface area contributed by atoms with Gasteiger partial charge in [0.15, 0.2) is 0 Å². The molecule has 1 aromatic rings. The van der Waals surface area contributed by atoms with Gasteiger partial charge in [-0.15, -0.1) is 15.2 Å². The lowest BCUT2D eigenvalue weighted by atomic mass is 10.4. The molecule has 0 saturated heterocycles. The lowest BCUT2D eigenvalue weighted by Crippen LogP contribution is -2.00. The first-order valence-electron chi connectivity index (χ1n) is 3.42. The maximum Gasteiger partial charge on any atom is 0.302 e. The van der Waals surface area contributed by atoms with Crippen molar-refractivity contribution in [2.24, 2.45) is 0 Å². The minimum atomic E-state index is -4.40. The van der Waals surface area contributed by atoms with Crippen LogP contribution in [0, 0.1) is 11.3 Å². The van der Waals surface area contributed by atoms with Crippen molar-refractivity contribution in [1.82, 2.24) is 0 Å². The lowest BCUT2D eigenvalue weighted by Gasteiger charge is -1.91. The van der Waals surface area contributed by atoms with Gasteiger partial charge in [0.25, 0.3) is 0 Å². The Labute approximate surface area is 79.6 Å². The zero-order chi connectivity index (χ0) is 9.90. The van der Waals surface area contributed by atoms with E-state index in [9.17, 15) is 12.3 Å². The number of hydrogen-bond donors (Lipinski definition) is 0. The molecule has 1 rings (SSSR count). The molecule has 70 valence electrons. The molecule has 1 aromatic heterocycles. The molecular weight excluding hydrogens is 213 g/mol. The highest BCUT2D eigenvalue weighted by molar-refractivity contribution is 7.86. The predicted octanol–water partition coefficient (Wildman–Crippen LogP) is 1.46. The van der Waals surface area contributed by atoms with Gasteiger partial charge in [-0.3, -0.25) is 0 Å². The van der Waals surface area contributed by atoms with Crippen LogP contribution in [0.1, 0.15) is 9.75 Å². The van der Waals surface area contributed by atoms with E-state index in [2.05, 4.69) is 0 Å². The highest BCUT2D eigenvalue weighted by atomic mass is 32.3. The van der Waals surface area contributed by atoms with Gasteiger partial charge in [0, 0.05) is 4.88 Å². The SMILES string of the molecule is N#Cc1ccc(CCS(=O)(=O)F)s1. The average molecular weight is 219 g/mol. The molecule has 0 saturated carbocycles. The van der Waals surface area contributed by atoms with Gasteiger partial charge in [-0.05, 0) is 18.6 Å². The summed E-state index contributed by atoms with van der Waals surface area (Å²) in [5.41, 5.74) is 0. The number of aryl methyl sites for hydroxylation is 1. The third kappa shape index (κ3) is 3.53. The maximum absolute atomic E-state index is 12.1. The highest BCUT2D eigenvalue weighted by Gasteiger charge is 2.08. The average Bonchev–Trinajstić information content (AvgIpc) is 2.47. The Bertz CT molecular complexity index is 430. The van der Waals surface area contributed by atoms with Crippen molar-refractivity contribution in [2.45, 2.75) is 6.42 Å². The van der Waals surface area contributed by atoms with Crippen LogP contribution in [-0.2, 0) is 16.6 Å². The molecule has 0 bridgehead atoms. The lowest BCUT2D eigenvalue weighted by molar-refractivity contribution is 0.551. The normalized spacial score (nSPS) is 11.1. The van der Waals surface area contributed by atoms with Crippen LogP contribution in [0.15, 0.2) is 12.1 Å². The largest absolute Gasteiger partial charge is 0.302 e. The van der Waals surface area contributed by atoms with Crippen LogP contribution in [0.25, 0.3) is 0 Å². The van der Waals surface area contributed by atoms with Crippen molar-refractivity contribution in [2.75, 3.05) is 5.75 Å². The van der Waals surface area contributed by atoms with Crippen molar-refractivity contribution in [3.05, 3.63) is 21.9 Å². The minimum Gasteiger partial charge on any atom is -0.195 e. The fourth-order valence-corrected chi connectivity index (χ4v) is 2.19. The summed E-state index contributed by atoms with van der Waals surface area (Å²) < 4.78 is 32.4. The van der Waals surface area contributed by atoms with Crippen molar-refractivity contribution in [3.8, 4) is 6.07 Å². The van der Waals surface area contributed by atoms with Crippen molar-refractivity contribution in [1.29, 1.82) is 5.26 Å². The molecule has 0 N–H and O–H groups in total. The second kappa shape index (κ2) is 3.85. The van der Waals surface area contributed by atoms with Crippen LogP contribution < -0.4 is 0 Å². The van der Waals surface area contributed by atoms with E-state index in [1.54, 1.807) is 12.1 Å². The van der Waals surface area contributed by atoms with Gasteiger partial charge < -0.3 is 0 Å². The van der Waals surface area contributed by atoms with Gasteiger partial charge >= 0.3 is 10.2 Å². The Morgan fingerprint density at radius 2 is 2.23 bits per heavy atom. The molecule has 13 heavy (non-hydrogen) atoms. The fourth-order valence-electron chi connectivity index (χ4n) is 0.795. The van der Waals surface area contributed by atoms with E-state index in [-0.39, 0.29) is 6.42 Å². The quantitative estimate of drug-likeness (QED) is 0.723. The zero-order valence-electron chi connectivity index (χ0n) is 6.53. The highest BCUT2D eigenvalue weighted by Crippen LogP contribution is 2.16. The third-order valence-electron chi connectivity index (χ3n) is 1.36. The molecule has 0 fully saturated rings. The summed E-state index contributed by atoms with van der Waals surface area (Å²) in [6.07, 6.45) is 0.130. The maximum atomic E-state index is 12.1. The molecule has 0 spiro atoms. The Kier molecular flexibility index (Phi) is 3.01. The molecule has 0 aliphatic rings. The van der Waals surface area contributed by atoms with Crippen LogP contribution >= 0.6 is 11.3 Å². The Morgan fingerprint density at radius 1 is 1.54 bits per heavy atom. The van der Waals surface area contributed by atoms with Crippen LogP contribution in [0.2, 0.25) is 0 Å². The topological polar surface area (TPSA) is 57.9 Å². The Morgan fingerprint density at radius 3 is 2.69 bits per heavy atom. The fraction of sp³-hybridized carbons (Fsp3) is 0.286. The number of nitrogens with zero attached hydrogens (tertiary/aromatic N) is 1.